The highest BCUT2D eigenvalue weighted by Crippen LogP contribution is 2.69. The molecule has 0 aromatic rings. The quantitative estimate of drug-likeness (QED) is 0.0548. The Bertz CT molecular complexity index is 2790. The Balaban J connectivity index is 0.000000302. The van der Waals surface area contributed by atoms with Crippen LogP contribution >= 0.6 is 0 Å². The van der Waals surface area contributed by atoms with E-state index in [0.717, 1.165) is 62.2 Å². The third-order valence-electron chi connectivity index (χ3n) is 28.1. The largest absolute Gasteiger partial charge is 0.460 e. The first-order valence-electron chi connectivity index (χ1n) is 35.6. The summed E-state index contributed by atoms with van der Waals surface area (Å²) in [6, 6.07) is 0. The summed E-state index contributed by atoms with van der Waals surface area (Å²) in [5, 5.41) is 0. The topological polar surface area (TPSA) is 176 Å². The first-order valence-corrected chi connectivity index (χ1v) is 35.6. The molecular formula is C83H138O14. The maximum atomic E-state index is 11.6. The lowest BCUT2D eigenvalue weighted by Gasteiger charge is -2.38. The molecule has 97 heavy (non-hydrogen) atoms. The van der Waals surface area contributed by atoms with E-state index in [1.54, 1.807) is 20.8 Å². The Hall–Kier alpha value is -4.82. The molecule has 0 aromatic heterocycles. The molecule has 12 aliphatic rings. The van der Waals surface area contributed by atoms with Crippen LogP contribution in [0, 0.1) is 90.7 Å². The SMILES string of the molecule is C.C.C.C.C=C(C)C(=O)OC1CC2CCC1(C)C2(C)C.C=C(C)C(=O)OC1CC2CCC1C2.C=C(C)C(=O)OCCOC1CC2CCC1(C)C2(C)C.C=CC(=O)OC1CC2CCC1(C)C2(C)C.C=CC(=O)OC1CC2CCC1C2.C=CC(=O)OCCOC1CC2CCC1(C)C2(C)C. The minimum Gasteiger partial charge on any atom is -0.460 e. The van der Waals surface area contributed by atoms with E-state index < -0.39 is 0 Å². The van der Waals surface area contributed by atoms with Crippen LogP contribution in [0.3, 0.4) is 0 Å². The van der Waals surface area contributed by atoms with Gasteiger partial charge < -0.3 is 37.9 Å². The van der Waals surface area contributed by atoms with Gasteiger partial charge >= 0.3 is 35.8 Å². The van der Waals surface area contributed by atoms with Gasteiger partial charge in [0, 0.05) is 45.8 Å². The predicted octanol–water partition coefficient (Wildman–Crippen LogP) is 19.3. The van der Waals surface area contributed by atoms with Crippen molar-refractivity contribution in [2.24, 2.45) is 90.7 Å². The van der Waals surface area contributed by atoms with Gasteiger partial charge in [0.25, 0.3) is 0 Å². The van der Waals surface area contributed by atoms with Gasteiger partial charge in [0.15, 0.2) is 0 Å². The van der Waals surface area contributed by atoms with Crippen molar-refractivity contribution in [2.75, 3.05) is 26.4 Å². The molecule has 0 N–H and O–H groups in total. The van der Waals surface area contributed by atoms with E-state index in [0.29, 0.717) is 101 Å². The molecule has 0 saturated heterocycles. The van der Waals surface area contributed by atoms with Gasteiger partial charge in [-0.3, -0.25) is 0 Å². The fourth-order valence-electron chi connectivity index (χ4n) is 19.7. The zero-order valence-electron chi connectivity index (χ0n) is 60.2. The van der Waals surface area contributed by atoms with E-state index in [9.17, 15) is 28.8 Å². The van der Waals surface area contributed by atoms with Crippen LogP contribution in [0.5, 0.6) is 0 Å². The van der Waals surface area contributed by atoms with E-state index in [1.165, 1.54) is 108 Å². The Kier molecular flexibility index (Phi) is 30.5. The Morgan fingerprint density at radius 2 is 0.660 bits per heavy atom. The summed E-state index contributed by atoms with van der Waals surface area (Å²) >= 11 is 0. The number of rotatable bonds is 18. The number of ether oxygens (including phenoxy) is 8. The number of hydrogen-bond donors (Lipinski definition) is 0. The van der Waals surface area contributed by atoms with E-state index in [4.69, 9.17) is 37.9 Å². The van der Waals surface area contributed by atoms with Gasteiger partial charge in [-0.05, 0) is 229 Å². The molecule has 0 amide bonds. The van der Waals surface area contributed by atoms with Crippen LogP contribution in [0.4, 0.5) is 0 Å². The van der Waals surface area contributed by atoms with Crippen LogP contribution in [-0.2, 0) is 66.7 Å². The fourth-order valence-corrected chi connectivity index (χ4v) is 19.7. The monoisotopic (exact) mass is 1360 g/mol. The third-order valence-corrected chi connectivity index (χ3v) is 28.1. The van der Waals surface area contributed by atoms with Crippen LogP contribution in [-0.4, -0.2) is 98.9 Å². The number of fused-ring (bicyclic) bond motifs is 12. The molecule has 0 heterocycles. The summed E-state index contributed by atoms with van der Waals surface area (Å²) in [6.45, 7) is 55.7. The zero-order chi connectivity index (χ0) is 69.0. The molecule has 0 radical (unpaired) electrons. The zero-order valence-corrected chi connectivity index (χ0v) is 60.2. The molecule has 12 bridgehead atoms. The van der Waals surface area contributed by atoms with Gasteiger partial charge in [0.1, 0.15) is 37.6 Å². The molecule has 18 unspecified atom stereocenters. The van der Waals surface area contributed by atoms with Gasteiger partial charge in [0.2, 0.25) is 0 Å². The summed E-state index contributed by atoms with van der Waals surface area (Å²) in [5.41, 5.74) is 3.67. The second kappa shape index (κ2) is 34.2. The van der Waals surface area contributed by atoms with Crippen LogP contribution in [0.2, 0.25) is 0 Å². The Labute approximate surface area is 589 Å². The van der Waals surface area contributed by atoms with Crippen molar-refractivity contribution in [3.05, 3.63) is 74.4 Å². The van der Waals surface area contributed by atoms with Crippen molar-refractivity contribution in [2.45, 2.75) is 299 Å². The lowest BCUT2D eigenvalue weighted by molar-refractivity contribution is -0.152. The first kappa shape index (κ1) is 86.4. The Morgan fingerprint density at radius 3 is 0.948 bits per heavy atom. The molecule has 554 valence electrons. The average molecular weight is 1360 g/mol. The van der Waals surface area contributed by atoms with E-state index >= 15 is 0 Å². The normalized spacial score (nSPS) is 36.3. The van der Waals surface area contributed by atoms with Crippen molar-refractivity contribution in [3.63, 3.8) is 0 Å². The highest BCUT2D eigenvalue weighted by Gasteiger charge is 2.65. The average Bonchev–Trinajstić information content (AvgIpc) is 1.59. The summed E-state index contributed by atoms with van der Waals surface area (Å²) in [4.78, 5) is 67.2. The smallest absolute Gasteiger partial charge is 0.333 e. The molecule has 18 atom stereocenters. The lowest BCUT2D eigenvalue weighted by atomic mass is 9.70. The molecule has 14 nitrogen and oxygen atoms in total. The van der Waals surface area contributed by atoms with Crippen LogP contribution < -0.4 is 0 Å². The fraction of sp³-hybridized carbons (Fsp3) is 0.783. The number of hydrogen-bond acceptors (Lipinski definition) is 14. The molecule has 12 rings (SSSR count). The molecule has 0 aromatic carbocycles. The van der Waals surface area contributed by atoms with Crippen LogP contribution in [0.15, 0.2) is 74.4 Å². The van der Waals surface area contributed by atoms with Gasteiger partial charge in [-0.25, -0.2) is 28.8 Å². The minimum absolute atomic E-state index is 0. The molecule has 12 saturated carbocycles. The highest BCUT2D eigenvalue weighted by atomic mass is 16.6. The van der Waals surface area contributed by atoms with Crippen molar-refractivity contribution in [1.29, 1.82) is 0 Å². The van der Waals surface area contributed by atoms with E-state index in [1.807, 2.05) is 0 Å². The van der Waals surface area contributed by atoms with E-state index in [2.05, 4.69) is 123 Å². The lowest BCUT2D eigenvalue weighted by Crippen LogP contribution is -2.38. The molecule has 12 aliphatic carbocycles. The predicted molar refractivity (Wildman–Crippen MR) is 391 cm³/mol. The summed E-state index contributed by atoms with van der Waals surface area (Å²) in [5.74, 6) is 4.26. The van der Waals surface area contributed by atoms with Crippen LogP contribution in [0.25, 0.3) is 0 Å². The van der Waals surface area contributed by atoms with Gasteiger partial charge in [-0.2, -0.15) is 0 Å². The second-order valence-electron chi connectivity index (χ2n) is 33.5. The summed E-state index contributed by atoms with van der Waals surface area (Å²) in [6.07, 6.45) is 29.3. The van der Waals surface area contributed by atoms with Crippen molar-refractivity contribution in [3.8, 4) is 0 Å². The first-order chi connectivity index (χ1) is 43.4. The van der Waals surface area contributed by atoms with Crippen LogP contribution in [0.1, 0.15) is 262 Å². The standard InChI is InChI=1S/C16H26O3.C15H24O3.C14H22O2.C13H20O2.C11H16O2.C10H14O2.4CH4/c1-11(2)14(17)19-9-8-18-13-10-12-6-7-16(13,5)15(12,3)4;1-5-13(16)18-9-8-17-12-10-11-6-7-15(12,4)14(11,2)3;1-9(2)12(15)16-11-8-10-6-7-14(11,5)13(10,3)4;1-5-11(14)15-10-8-9-6-7-13(10,4)12(9,2)3;1-7(2)11(12)13-10-6-8-3-4-9(10)5-8;1-2-10(11)12-9-6-7-3-4-8(9)5-7;;;;/h12-13H,1,6-10H2,2-5H3;5,11-12H,1,6-10H2,2-4H3;10-11H,1,6-8H2,2-5H3;5,9-10H,1,6-8H2,2-4H3;8-10H,1,3-6H2,2H3;2,7-9H,1,3-6H2;4*1H4. The molecule has 12 fully saturated rings. The third kappa shape index (κ3) is 17.9. The number of carbonyl (C=O) groups is 6. The van der Waals surface area contributed by atoms with Gasteiger partial charge in [0.05, 0.1) is 25.4 Å². The molecular weight excluding hydrogens is 1220 g/mol. The summed E-state index contributed by atoms with van der Waals surface area (Å²) in [7, 11) is 0. The molecule has 0 spiro atoms. The molecule has 14 heteroatoms. The Morgan fingerprint density at radius 1 is 0.351 bits per heavy atom. The maximum absolute atomic E-state index is 11.6. The number of carbonyl (C=O) groups excluding carboxylic acids is 6. The second-order valence-corrected chi connectivity index (χ2v) is 33.5. The van der Waals surface area contributed by atoms with Crippen molar-refractivity contribution >= 4 is 35.8 Å². The highest BCUT2D eigenvalue weighted by molar-refractivity contribution is 5.88. The maximum Gasteiger partial charge on any atom is 0.333 e. The summed E-state index contributed by atoms with van der Waals surface area (Å²) < 4.78 is 43.6. The van der Waals surface area contributed by atoms with Crippen molar-refractivity contribution in [1.82, 2.24) is 0 Å². The van der Waals surface area contributed by atoms with Crippen molar-refractivity contribution < 1.29 is 66.7 Å². The molecule has 0 aliphatic heterocycles. The number of esters is 6. The van der Waals surface area contributed by atoms with E-state index in [-0.39, 0.29) is 112 Å². The minimum atomic E-state index is -0.377. The van der Waals surface area contributed by atoms with Gasteiger partial charge in [-0.15, -0.1) is 0 Å². The van der Waals surface area contributed by atoms with Gasteiger partial charge in [-0.1, -0.05) is 152 Å².